The van der Waals surface area contributed by atoms with Gasteiger partial charge in [0.1, 0.15) is 0 Å². The Morgan fingerprint density at radius 3 is 2.69 bits per heavy atom. The average molecular weight is 537 g/mol. The number of hydrogen-bond acceptors (Lipinski definition) is 5. The number of aliphatic imine (C=N–C) groups is 1. The minimum atomic E-state index is -3.36. The van der Waals surface area contributed by atoms with Crippen molar-refractivity contribution in [2.75, 3.05) is 69.1 Å². The number of nitrogens with one attached hydrogen (secondary N) is 2. The summed E-state index contributed by atoms with van der Waals surface area (Å²) in [7, 11) is -3.36. The van der Waals surface area contributed by atoms with Crippen molar-refractivity contribution in [1.82, 2.24) is 15.5 Å². The fourth-order valence-corrected chi connectivity index (χ4v) is 4.90. The monoisotopic (exact) mass is 537 g/mol. The van der Waals surface area contributed by atoms with Gasteiger partial charge in [-0.15, -0.1) is 24.0 Å². The largest absolute Gasteiger partial charge is 0.379 e. The maximum atomic E-state index is 12.8. The minimum absolute atomic E-state index is 0. The standard InChI is InChI=1S/C19H31N5O3S.HI/c1-2-20-19(21-8-11-23-12-14-27-15-13-23)22-9-16-28(25,26)24-10-7-17-5-3-4-6-18(17)24;/h3-6H,2,7-16H2,1H3,(H2,20,21,22);1H. The van der Waals surface area contributed by atoms with Gasteiger partial charge in [-0.05, 0) is 25.0 Å². The van der Waals surface area contributed by atoms with Crippen LogP contribution in [0.5, 0.6) is 0 Å². The van der Waals surface area contributed by atoms with Gasteiger partial charge in [-0.25, -0.2) is 8.42 Å². The number of rotatable bonds is 8. The molecule has 2 aliphatic heterocycles. The predicted molar refractivity (Wildman–Crippen MR) is 128 cm³/mol. The first-order valence-corrected chi connectivity index (χ1v) is 11.6. The van der Waals surface area contributed by atoms with Gasteiger partial charge in [0, 0.05) is 39.3 Å². The number of benzene rings is 1. The number of anilines is 1. The summed E-state index contributed by atoms with van der Waals surface area (Å²) >= 11 is 0. The number of guanidine groups is 1. The molecule has 2 N–H and O–H groups in total. The van der Waals surface area contributed by atoms with Crippen molar-refractivity contribution in [2.24, 2.45) is 4.99 Å². The van der Waals surface area contributed by atoms with Crippen LogP contribution in [0, 0.1) is 0 Å². The molecule has 0 bridgehead atoms. The zero-order chi connectivity index (χ0) is 19.8. The van der Waals surface area contributed by atoms with Crippen LogP contribution >= 0.6 is 24.0 Å². The molecule has 1 aromatic carbocycles. The first-order chi connectivity index (χ1) is 13.6. The van der Waals surface area contributed by atoms with E-state index < -0.39 is 10.0 Å². The molecule has 1 fully saturated rings. The van der Waals surface area contributed by atoms with Crippen LogP contribution in [-0.2, 0) is 21.2 Å². The Bertz CT molecular complexity index is 769. The summed E-state index contributed by atoms with van der Waals surface area (Å²) in [6.07, 6.45) is 0.772. The van der Waals surface area contributed by atoms with E-state index in [1.807, 2.05) is 31.2 Å². The van der Waals surface area contributed by atoms with Crippen LogP contribution in [-0.4, -0.2) is 84.1 Å². The van der Waals surface area contributed by atoms with E-state index in [2.05, 4.69) is 20.5 Å². The number of sulfonamides is 1. The molecule has 0 saturated carbocycles. The summed E-state index contributed by atoms with van der Waals surface area (Å²) in [6, 6.07) is 7.71. The van der Waals surface area contributed by atoms with E-state index in [9.17, 15) is 8.42 Å². The third-order valence-corrected chi connectivity index (χ3v) is 6.74. The molecule has 2 heterocycles. The predicted octanol–water partition coefficient (Wildman–Crippen LogP) is 0.884. The number of nitrogens with zero attached hydrogens (tertiary/aromatic N) is 3. The molecule has 2 aliphatic rings. The van der Waals surface area contributed by atoms with E-state index in [1.54, 1.807) is 0 Å². The Morgan fingerprint density at radius 1 is 1.17 bits per heavy atom. The van der Waals surface area contributed by atoms with E-state index in [4.69, 9.17) is 4.74 Å². The molecule has 8 nitrogen and oxygen atoms in total. The fraction of sp³-hybridized carbons (Fsp3) is 0.632. The summed E-state index contributed by atoms with van der Waals surface area (Å²) in [5.41, 5.74) is 1.91. The SMILES string of the molecule is CCNC(=NCCN1CCOCC1)NCCS(=O)(=O)N1CCc2ccccc21.I. The van der Waals surface area contributed by atoms with Crippen molar-refractivity contribution in [3.05, 3.63) is 29.8 Å². The summed E-state index contributed by atoms with van der Waals surface area (Å²) < 4.78 is 32.4. The number of ether oxygens (including phenoxy) is 1. The smallest absolute Gasteiger partial charge is 0.236 e. The van der Waals surface area contributed by atoms with Gasteiger partial charge in [-0.3, -0.25) is 14.2 Å². The highest BCUT2D eigenvalue weighted by Gasteiger charge is 2.28. The van der Waals surface area contributed by atoms with Crippen LogP contribution in [0.4, 0.5) is 5.69 Å². The number of fused-ring (bicyclic) bond motifs is 1. The molecule has 0 spiro atoms. The molecule has 0 unspecified atom stereocenters. The second-order valence-electron chi connectivity index (χ2n) is 6.91. The zero-order valence-corrected chi connectivity index (χ0v) is 20.1. The first-order valence-electron chi connectivity index (χ1n) is 10.0. The summed E-state index contributed by atoms with van der Waals surface area (Å²) in [4.78, 5) is 6.89. The van der Waals surface area contributed by atoms with Gasteiger partial charge in [-0.2, -0.15) is 0 Å². The van der Waals surface area contributed by atoms with Gasteiger partial charge in [0.05, 0.1) is 31.2 Å². The van der Waals surface area contributed by atoms with Gasteiger partial charge < -0.3 is 15.4 Å². The molecule has 0 atom stereocenters. The van der Waals surface area contributed by atoms with Gasteiger partial charge in [-0.1, -0.05) is 18.2 Å². The fourth-order valence-electron chi connectivity index (χ4n) is 3.48. The summed E-state index contributed by atoms with van der Waals surface area (Å²) in [5.74, 6) is 0.697. The Labute approximate surface area is 191 Å². The normalized spacial score (nSPS) is 17.6. The highest BCUT2D eigenvalue weighted by atomic mass is 127. The van der Waals surface area contributed by atoms with Crippen LogP contribution in [0.1, 0.15) is 12.5 Å². The number of halogens is 1. The van der Waals surface area contributed by atoms with E-state index in [1.165, 1.54) is 4.31 Å². The van der Waals surface area contributed by atoms with Crippen LogP contribution in [0.15, 0.2) is 29.3 Å². The Kier molecular flexibility index (Phi) is 9.93. The highest BCUT2D eigenvalue weighted by Crippen LogP contribution is 2.29. The Balaban J connectivity index is 0.00000300. The molecular weight excluding hydrogens is 505 g/mol. The number of hydrogen-bond donors (Lipinski definition) is 2. The zero-order valence-electron chi connectivity index (χ0n) is 17.0. The van der Waals surface area contributed by atoms with Gasteiger partial charge in [0.25, 0.3) is 0 Å². The van der Waals surface area contributed by atoms with Crippen LogP contribution in [0.25, 0.3) is 0 Å². The van der Waals surface area contributed by atoms with Crippen molar-refractivity contribution in [2.45, 2.75) is 13.3 Å². The topological polar surface area (TPSA) is 86.3 Å². The van der Waals surface area contributed by atoms with Crippen LogP contribution in [0.2, 0.25) is 0 Å². The lowest BCUT2D eigenvalue weighted by Gasteiger charge is -2.25. The lowest BCUT2D eigenvalue weighted by atomic mass is 10.2. The third-order valence-electron chi connectivity index (χ3n) is 4.97. The molecule has 1 aromatic rings. The van der Waals surface area contributed by atoms with Gasteiger partial charge in [0.2, 0.25) is 10.0 Å². The van der Waals surface area contributed by atoms with E-state index in [0.717, 1.165) is 57.1 Å². The van der Waals surface area contributed by atoms with Crippen molar-refractivity contribution in [3.63, 3.8) is 0 Å². The minimum Gasteiger partial charge on any atom is -0.379 e. The third kappa shape index (κ3) is 6.97. The molecule has 0 aliphatic carbocycles. The summed E-state index contributed by atoms with van der Waals surface area (Å²) in [6.45, 7) is 8.56. The molecule has 164 valence electrons. The highest BCUT2D eigenvalue weighted by molar-refractivity contribution is 14.0. The molecule has 10 heteroatoms. The maximum Gasteiger partial charge on any atom is 0.236 e. The summed E-state index contributed by atoms with van der Waals surface area (Å²) in [5, 5.41) is 6.33. The molecule has 0 amide bonds. The Hall–Kier alpha value is -1.11. The van der Waals surface area contributed by atoms with Crippen molar-refractivity contribution >= 4 is 45.6 Å². The molecular formula is C19H32IN5O3S. The van der Waals surface area contributed by atoms with Crippen molar-refractivity contribution in [1.29, 1.82) is 0 Å². The number of morpholine rings is 1. The lowest BCUT2D eigenvalue weighted by Crippen LogP contribution is -2.42. The second-order valence-corrected chi connectivity index (χ2v) is 8.92. The Morgan fingerprint density at radius 2 is 1.93 bits per heavy atom. The number of para-hydroxylation sites is 1. The molecule has 3 rings (SSSR count). The van der Waals surface area contributed by atoms with Crippen LogP contribution < -0.4 is 14.9 Å². The van der Waals surface area contributed by atoms with Gasteiger partial charge >= 0.3 is 0 Å². The second kappa shape index (κ2) is 11.9. The van der Waals surface area contributed by atoms with E-state index >= 15 is 0 Å². The maximum absolute atomic E-state index is 12.8. The van der Waals surface area contributed by atoms with Gasteiger partial charge in [0.15, 0.2) is 5.96 Å². The lowest BCUT2D eigenvalue weighted by molar-refractivity contribution is 0.0394. The first kappa shape index (κ1) is 24.2. The molecule has 1 saturated heterocycles. The van der Waals surface area contributed by atoms with E-state index in [0.29, 0.717) is 25.6 Å². The van der Waals surface area contributed by atoms with E-state index in [-0.39, 0.29) is 29.7 Å². The quantitative estimate of drug-likeness (QED) is 0.291. The van der Waals surface area contributed by atoms with Crippen molar-refractivity contribution in [3.8, 4) is 0 Å². The molecule has 0 aromatic heterocycles. The van der Waals surface area contributed by atoms with Crippen molar-refractivity contribution < 1.29 is 13.2 Å². The molecule has 29 heavy (non-hydrogen) atoms. The van der Waals surface area contributed by atoms with Crippen LogP contribution in [0.3, 0.4) is 0 Å². The molecule has 0 radical (unpaired) electrons. The average Bonchev–Trinajstić information content (AvgIpc) is 3.14.